The summed E-state index contributed by atoms with van der Waals surface area (Å²) >= 11 is 7.91. The van der Waals surface area contributed by atoms with Crippen molar-refractivity contribution >= 4 is 123 Å². The van der Waals surface area contributed by atoms with Gasteiger partial charge in [-0.2, -0.15) is 9.59 Å². The quantitative estimate of drug-likeness (QED) is 0.0138. The Morgan fingerprint density at radius 1 is 0.496 bits per heavy atom. The number of rotatable bonds is 57. The number of carbonyl (C=O) groups is 11. The molecule has 0 saturated carbocycles. The molecule has 42 nitrogen and oxygen atoms in total. The number of aromatic carboxylic acids is 2. The first-order valence-corrected chi connectivity index (χ1v) is 44.3. The summed E-state index contributed by atoms with van der Waals surface area (Å²) in [5.74, 6) is -7.59. The molecule has 44 heteroatoms. The number of carbonyl (C=O) groups excluding carboxylic acids is 8. The number of nitrogens with one attached hydrogen (secondary N) is 9. The second-order valence-electron chi connectivity index (χ2n) is 29.4. The van der Waals surface area contributed by atoms with Crippen LogP contribution in [0.2, 0.25) is 0 Å². The number of ketones is 1. The van der Waals surface area contributed by atoms with E-state index < -0.39 is 65.8 Å². The van der Waals surface area contributed by atoms with E-state index in [1.54, 1.807) is 47.3 Å². The van der Waals surface area contributed by atoms with Crippen molar-refractivity contribution in [2.75, 3.05) is 175 Å². The molecule has 4 heterocycles. The van der Waals surface area contributed by atoms with Crippen LogP contribution >= 0.6 is 34.8 Å². The molecule has 1 saturated heterocycles. The van der Waals surface area contributed by atoms with Gasteiger partial charge in [0, 0.05) is 131 Å². The molecule has 0 radical (unpaired) electrons. The molecule has 1 aliphatic rings. The van der Waals surface area contributed by atoms with Crippen LogP contribution in [0.4, 0.5) is 21.0 Å². The van der Waals surface area contributed by atoms with E-state index in [9.17, 15) is 73.2 Å². The zero-order valence-corrected chi connectivity index (χ0v) is 75.3. The van der Waals surface area contributed by atoms with Gasteiger partial charge < -0.3 is 111 Å². The number of unbranched alkanes of at least 4 members (excludes halogenated alkanes) is 3. The number of thiocarbonyl (C=S) groups is 1. The molecule has 14 N–H and O–H groups in total. The minimum absolute atomic E-state index is 0.00315. The number of carboxylic acid groups (broad SMARTS) is 5. The molecule has 5 aromatic rings. The van der Waals surface area contributed by atoms with E-state index in [1.807, 2.05) is 35.2 Å². The molecular weight excluding hydrogens is 1820 g/mol. The molecule has 1 fully saturated rings. The highest BCUT2D eigenvalue weighted by Gasteiger charge is 2.25. The number of anilines is 2. The van der Waals surface area contributed by atoms with Crippen LogP contribution in [0.5, 0.6) is 0 Å². The molecular formula is C85H121IN16O26S. The first kappa shape index (κ1) is 109. The lowest BCUT2D eigenvalue weighted by atomic mass is 9.94. The number of aromatic nitrogens is 5. The minimum Gasteiger partial charge on any atom is -0.481 e. The summed E-state index contributed by atoms with van der Waals surface area (Å²) in [5, 5.41) is 81.0. The van der Waals surface area contributed by atoms with Crippen LogP contribution in [-0.2, 0) is 107 Å². The third kappa shape index (κ3) is 50.7. The molecule has 0 aliphatic carbocycles. The van der Waals surface area contributed by atoms with Gasteiger partial charge in [0.2, 0.25) is 17.7 Å². The predicted molar refractivity (Wildman–Crippen MR) is 478 cm³/mol. The molecule has 129 heavy (non-hydrogen) atoms. The molecule has 6 rings (SSSR count). The summed E-state index contributed by atoms with van der Waals surface area (Å²) in [7, 11) is 0. The van der Waals surface area contributed by atoms with Crippen molar-refractivity contribution in [3.8, 4) is 11.3 Å². The van der Waals surface area contributed by atoms with Gasteiger partial charge in [-0.1, -0.05) is 42.0 Å². The highest BCUT2D eigenvalue weighted by atomic mass is 127. The summed E-state index contributed by atoms with van der Waals surface area (Å²) in [6, 6.07) is 19.7. The van der Waals surface area contributed by atoms with Gasteiger partial charge in [0.1, 0.15) is 23.6 Å². The number of hydrogen-bond acceptors (Lipinski definition) is 28. The third-order valence-electron chi connectivity index (χ3n) is 19.3. The summed E-state index contributed by atoms with van der Waals surface area (Å²) in [5.41, 5.74) is 4.20. The monoisotopic (exact) mass is 1940 g/mol. The number of halogens is 1. The second-order valence-corrected chi connectivity index (χ2v) is 31.0. The van der Waals surface area contributed by atoms with Crippen molar-refractivity contribution in [2.24, 2.45) is 5.92 Å². The Morgan fingerprint density at radius 3 is 1.67 bits per heavy atom. The maximum atomic E-state index is 13.8. The zero-order chi connectivity index (χ0) is 93.4. The van der Waals surface area contributed by atoms with Crippen LogP contribution < -0.4 is 47.9 Å². The van der Waals surface area contributed by atoms with E-state index in [4.69, 9.17) is 64.8 Å². The number of benzene rings is 2. The van der Waals surface area contributed by atoms with Crippen LogP contribution in [0.15, 0.2) is 85.1 Å². The van der Waals surface area contributed by atoms with Gasteiger partial charge in [0.05, 0.1) is 136 Å². The number of aliphatic carboxylic acids is 3. The van der Waals surface area contributed by atoms with E-state index in [-0.39, 0.29) is 164 Å². The van der Waals surface area contributed by atoms with Crippen LogP contribution in [-0.4, -0.2) is 314 Å². The molecule has 1 aliphatic heterocycles. The van der Waals surface area contributed by atoms with Gasteiger partial charge in [-0.25, -0.2) is 43.4 Å². The van der Waals surface area contributed by atoms with Crippen LogP contribution in [0.1, 0.15) is 141 Å². The van der Waals surface area contributed by atoms with Crippen molar-refractivity contribution in [1.82, 2.24) is 72.0 Å². The minimum atomic E-state index is -1.24. The number of Topliss-reactive ketones (excluding diaryl/α,β-unsaturated/α-hetero) is 1. The largest absolute Gasteiger partial charge is 0.481 e. The maximum absolute atomic E-state index is 13.8. The maximum Gasteiger partial charge on any atom is 0.373 e. The molecule has 0 unspecified atom stereocenters. The van der Waals surface area contributed by atoms with Gasteiger partial charge in [0.15, 0.2) is 10.8 Å². The van der Waals surface area contributed by atoms with E-state index >= 15 is 0 Å². The number of pyridine rings is 2. The number of ether oxygens (including phenoxy) is 8. The van der Waals surface area contributed by atoms with E-state index in [1.165, 1.54) is 12.1 Å². The Kier molecular flexibility index (Phi) is 56.2. The molecule has 0 spiro atoms. The number of nitrogens with zero attached hydrogens (tertiary/aromatic N) is 7. The smallest absolute Gasteiger partial charge is 0.373 e. The Labute approximate surface area is 766 Å². The lowest BCUT2D eigenvalue weighted by Gasteiger charge is -2.23. The van der Waals surface area contributed by atoms with Gasteiger partial charge in [-0.05, 0) is 160 Å². The molecule has 0 bridgehead atoms. The average Bonchev–Trinajstić information content (AvgIpc) is 1.82. The Balaban J connectivity index is 0.00000968. The van der Waals surface area contributed by atoms with Crippen LogP contribution in [0, 0.1) is 9.49 Å². The van der Waals surface area contributed by atoms with Crippen molar-refractivity contribution in [3.63, 3.8) is 0 Å². The van der Waals surface area contributed by atoms with Crippen molar-refractivity contribution in [3.05, 3.63) is 117 Å². The topological polar surface area (TPSA) is 568 Å². The van der Waals surface area contributed by atoms with Crippen LogP contribution in [0.25, 0.3) is 11.3 Å². The van der Waals surface area contributed by atoms with E-state index in [2.05, 4.69) is 95.6 Å². The fraction of sp³-hybridized carbons (Fsp3) is 0.565. The Bertz CT molecular complexity index is 4250. The predicted octanol–water partition coefficient (Wildman–Crippen LogP) is 5.02. The summed E-state index contributed by atoms with van der Waals surface area (Å²) in [6.45, 7) is 7.83. The number of urea groups is 2. The molecule has 3 atom stereocenters. The summed E-state index contributed by atoms with van der Waals surface area (Å²) < 4.78 is 49.3. The normalized spacial score (nSPS) is 13.7. The highest BCUT2D eigenvalue weighted by Crippen LogP contribution is 2.23. The van der Waals surface area contributed by atoms with Crippen molar-refractivity contribution in [1.29, 1.82) is 0 Å². The summed E-state index contributed by atoms with van der Waals surface area (Å²) in [4.78, 5) is 165. The lowest BCUT2D eigenvalue weighted by molar-refractivity contribution is -0.192. The van der Waals surface area contributed by atoms with Gasteiger partial charge in [0.25, 0.3) is 0 Å². The fourth-order valence-electron chi connectivity index (χ4n) is 12.7. The van der Waals surface area contributed by atoms with Crippen LogP contribution in [0.3, 0.4) is 0 Å². The Morgan fingerprint density at radius 2 is 1.05 bits per heavy atom. The first-order chi connectivity index (χ1) is 62.4. The molecule has 710 valence electrons. The van der Waals surface area contributed by atoms with E-state index in [0.717, 1.165) is 15.6 Å². The van der Waals surface area contributed by atoms with Gasteiger partial charge >= 0.3 is 48.1 Å². The fourth-order valence-corrected chi connectivity index (χ4v) is 13.2. The average molecular weight is 1940 g/mol. The molecule has 2 aromatic carbocycles. The second kappa shape index (κ2) is 66.6. The zero-order valence-electron chi connectivity index (χ0n) is 72.4. The first-order valence-electron chi connectivity index (χ1n) is 42.8. The summed E-state index contributed by atoms with van der Waals surface area (Å²) in [6.07, 6.45) is 7.05. The van der Waals surface area contributed by atoms with Crippen molar-refractivity contribution < 1.29 is 126 Å². The van der Waals surface area contributed by atoms with Crippen molar-refractivity contribution in [2.45, 2.75) is 141 Å². The third-order valence-corrected chi connectivity index (χ3v) is 20.3. The highest BCUT2D eigenvalue weighted by molar-refractivity contribution is 14.1. The lowest BCUT2D eigenvalue weighted by Crippen LogP contribution is -2.46. The van der Waals surface area contributed by atoms with E-state index in [0.29, 0.717) is 197 Å². The Hall–Kier alpha value is -10.8. The number of carboxylic acids is 5. The molecule has 3 aromatic heterocycles. The van der Waals surface area contributed by atoms with Gasteiger partial charge in [-0.3, -0.25) is 33.8 Å². The number of aryl methyl sites for hydroxylation is 1. The van der Waals surface area contributed by atoms with Gasteiger partial charge in [-0.15, -0.1) is 5.10 Å². The SMILES string of the molecule is O=C(O)CCCNC(=O)N[C@@H](CCCCNC(=O)Nc1cccc(-c2cnnn2CCOCCOCCC(=O)C[C@@H](CCCCNC(=S)Nc2cc(CN3CCOCCOCCN(Cc4cccc(C(=O)O)n4)CCOCCOCC3)nc(C(=O)O)c2)C(=O)NCCOCCOCCC(=O)N[C@@H](CCCCNC(=O)CCCc2ccc(I)cc2)C(=O)O)c1)C(=O)O.O=C=O. The number of hydrogen-bond donors (Lipinski definition) is 14. The molecule has 7 amide bonds. The standard InChI is InChI=1S/C84H121IN16O24S.CO2/c85-63-23-21-60(22-24-63)11-7-19-74(103)86-27-5-2-16-70(79(110)111)96-75(104)26-38-119-45-47-120-39-31-87-77(107)62(54-68(102)25-37-118-46-48-125-44-36-101-73(57-91-98-101)61-13-8-14-64(53-61)94-82(116)88-28-6-3-17-71(80(112)113)97-83(117)89-30-10-20-76(105)106)12-1-4-29-90-84(126)95-66-55-67(93-72(56-66)81(114)115)59-100-34-42-123-51-49-121-40-32-99(33-41-122-50-52-124-43-35-100)58-65-15-9-18-69(92-65)78(108)109;2-1-3/h8-9,13-15,18,21-24,53,55-57,62,70-71H,1-7,10-12,16-17,19-20,25-52,54,58-59H2,(H,86,103)(H,87,107)(H,96,104)(H,105,106)(H,108,109)(H,110,111)(H,112,113)(H,114,115)(H2,88,94,116)(H2,89,97,117)(H2,90,93,95,126);/t62-,70+,71+;/m1./s1. The number of amides is 7.